The summed E-state index contributed by atoms with van der Waals surface area (Å²) in [6.07, 6.45) is 8.51. The summed E-state index contributed by atoms with van der Waals surface area (Å²) in [6.45, 7) is 0. The largest absolute Gasteiger partial charge is 0.353 e. The van der Waals surface area contributed by atoms with Crippen molar-refractivity contribution >= 4 is 17.2 Å². The fourth-order valence-electron chi connectivity index (χ4n) is 3.63. The van der Waals surface area contributed by atoms with Crippen molar-refractivity contribution in [2.75, 3.05) is 0 Å². The third kappa shape index (κ3) is 3.43. The number of rotatable bonds is 4. The van der Waals surface area contributed by atoms with Crippen LogP contribution in [0, 0.1) is 0 Å². The molecule has 5 nitrogen and oxygen atoms in total. The van der Waals surface area contributed by atoms with Crippen LogP contribution in [-0.4, -0.2) is 34.0 Å². The summed E-state index contributed by atoms with van der Waals surface area (Å²) >= 11 is 1.56. The van der Waals surface area contributed by atoms with E-state index in [1.165, 1.54) is 12.8 Å². The molecule has 0 aliphatic carbocycles. The predicted molar refractivity (Wildman–Crippen MR) is 90.2 cm³/mol. The van der Waals surface area contributed by atoms with E-state index in [1.807, 2.05) is 17.5 Å². The van der Waals surface area contributed by atoms with Gasteiger partial charge in [0, 0.05) is 41.5 Å². The number of amides is 1. The monoisotopic (exact) mass is 328 g/mol. The maximum Gasteiger partial charge on any atom is 0.226 e. The van der Waals surface area contributed by atoms with Gasteiger partial charge in [0.05, 0.1) is 12.1 Å². The van der Waals surface area contributed by atoms with Crippen molar-refractivity contribution in [2.45, 2.75) is 50.2 Å². The number of aromatic nitrogens is 2. The zero-order valence-corrected chi connectivity index (χ0v) is 13.7. The van der Waals surface area contributed by atoms with Crippen LogP contribution in [0.5, 0.6) is 0 Å². The van der Waals surface area contributed by atoms with Gasteiger partial charge in [-0.3, -0.25) is 9.78 Å². The quantitative estimate of drug-likeness (QED) is 0.902. The van der Waals surface area contributed by atoms with E-state index in [-0.39, 0.29) is 5.91 Å². The summed E-state index contributed by atoms with van der Waals surface area (Å²) in [7, 11) is 0. The number of carbonyl (C=O) groups excluding carboxylic acids is 1. The third-order valence-electron chi connectivity index (χ3n) is 4.64. The van der Waals surface area contributed by atoms with E-state index in [9.17, 15) is 4.79 Å². The molecule has 0 radical (unpaired) electrons. The molecule has 2 bridgehead atoms. The van der Waals surface area contributed by atoms with Gasteiger partial charge < -0.3 is 10.6 Å². The Hall–Kier alpha value is -1.79. The maximum atomic E-state index is 12.3. The molecule has 2 fully saturated rings. The van der Waals surface area contributed by atoms with Crippen LogP contribution in [-0.2, 0) is 11.2 Å². The number of carbonyl (C=O) groups is 1. The van der Waals surface area contributed by atoms with Crippen molar-refractivity contribution in [2.24, 2.45) is 0 Å². The molecule has 2 aromatic rings. The van der Waals surface area contributed by atoms with Crippen LogP contribution >= 0.6 is 11.3 Å². The van der Waals surface area contributed by atoms with Gasteiger partial charge in [0.15, 0.2) is 0 Å². The van der Waals surface area contributed by atoms with Crippen LogP contribution in [0.15, 0.2) is 29.9 Å². The van der Waals surface area contributed by atoms with Gasteiger partial charge >= 0.3 is 0 Å². The van der Waals surface area contributed by atoms with Gasteiger partial charge in [-0.25, -0.2) is 4.98 Å². The summed E-state index contributed by atoms with van der Waals surface area (Å²) in [4.78, 5) is 21.0. The Balaban J connectivity index is 1.35. The first-order chi connectivity index (χ1) is 11.3. The average molecular weight is 328 g/mol. The van der Waals surface area contributed by atoms with E-state index >= 15 is 0 Å². The Labute approximate surface area is 139 Å². The van der Waals surface area contributed by atoms with Crippen LogP contribution in [0.1, 0.15) is 31.4 Å². The highest BCUT2D eigenvalue weighted by Crippen LogP contribution is 2.27. The Bertz CT molecular complexity index is 675. The van der Waals surface area contributed by atoms with Crippen molar-refractivity contribution in [3.8, 4) is 10.6 Å². The first-order valence-corrected chi connectivity index (χ1v) is 9.04. The van der Waals surface area contributed by atoms with E-state index in [1.54, 1.807) is 23.7 Å². The van der Waals surface area contributed by atoms with Gasteiger partial charge in [-0.1, -0.05) is 0 Å². The lowest BCUT2D eigenvalue weighted by Gasteiger charge is -2.29. The van der Waals surface area contributed by atoms with Crippen LogP contribution < -0.4 is 10.6 Å². The minimum atomic E-state index is 0.0827. The van der Waals surface area contributed by atoms with Gasteiger partial charge in [-0.05, 0) is 37.8 Å². The molecule has 2 aliphatic rings. The third-order valence-corrected chi connectivity index (χ3v) is 5.58. The zero-order valence-electron chi connectivity index (χ0n) is 12.9. The van der Waals surface area contributed by atoms with Crippen LogP contribution in [0.25, 0.3) is 10.6 Å². The number of hydrogen-bond acceptors (Lipinski definition) is 5. The Morgan fingerprint density at radius 2 is 2.17 bits per heavy atom. The fraction of sp³-hybridized carbons (Fsp3) is 0.471. The topological polar surface area (TPSA) is 66.9 Å². The average Bonchev–Trinajstić information content (AvgIpc) is 3.15. The SMILES string of the molecule is O=C(Cc1csc(-c2cccnc2)n1)NC1CC2CCC(C1)N2. The molecular weight excluding hydrogens is 308 g/mol. The van der Waals surface area contributed by atoms with Gasteiger partial charge in [0.25, 0.3) is 0 Å². The first kappa shape index (κ1) is 14.8. The van der Waals surface area contributed by atoms with E-state index < -0.39 is 0 Å². The molecule has 2 aliphatic heterocycles. The summed E-state index contributed by atoms with van der Waals surface area (Å²) in [5, 5.41) is 9.67. The second kappa shape index (κ2) is 6.37. The Morgan fingerprint density at radius 3 is 2.91 bits per heavy atom. The molecule has 0 spiro atoms. The number of nitrogens with one attached hydrogen (secondary N) is 2. The number of piperidine rings is 1. The summed E-state index contributed by atoms with van der Waals surface area (Å²) in [6, 6.07) is 5.39. The van der Waals surface area contributed by atoms with Crippen LogP contribution in [0.3, 0.4) is 0 Å². The van der Waals surface area contributed by atoms with E-state index in [2.05, 4.69) is 20.6 Å². The van der Waals surface area contributed by atoms with Crippen LogP contribution in [0.2, 0.25) is 0 Å². The maximum absolute atomic E-state index is 12.3. The molecule has 1 amide bonds. The molecule has 23 heavy (non-hydrogen) atoms. The molecule has 2 atom stereocenters. The van der Waals surface area contributed by atoms with Crippen molar-refractivity contribution in [3.63, 3.8) is 0 Å². The number of nitrogens with zero attached hydrogens (tertiary/aromatic N) is 2. The van der Waals surface area contributed by atoms with Gasteiger partial charge in [0.1, 0.15) is 5.01 Å². The van der Waals surface area contributed by atoms with Crippen molar-refractivity contribution < 1.29 is 4.79 Å². The predicted octanol–water partition coefficient (Wildman–Crippen LogP) is 2.15. The molecule has 120 valence electrons. The number of fused-ring (bicyclic) bond motifs is 2. The highest BCUT2D eigenvalue weighted by Gasteiger charge is 2.33. The zero-order chi connectivity index (χ0) is 15.6. The van der Waals surface area contributed by atoms with Crippen molar-refractivity contribution in [1.82, 2.24) is 20.6 Å². The standard InChI is InChI=1S/C17H20N4OS/c22-16(20-14-6-12-3-4-13(7-14)19-12)8-15-10-23-17(21-15)11-2-1-5-18-9-11/h1-2,5,9-10,12-14,19H,3-4,6-8H2,(H,20,22). The minimum absolute atomic E-state index is 0.0827. The van der Waals surface area contributed by atoms with Gasteiger partial charge in [0.2, 0.25) is 5.91 Å². The minimum Gasteiger partial charge on any atom is -0.353 e. The molecule has 0 saturated carbocycles. The smallest absolute Gasteiger partial charge is 0.226 e. The number of hydrogen-bond donors (Lipinski definition) is 2. The van der Waals surface area contributed by atoms with Gasteiger partial charge in [-0.15, -0.1) is 11.3 Å². The Kier molecular flexibility index (Phi) is 4.10. The lowest BCUT2D eigenvalue weighted by molar-refractivity contribution is -0.121. The van der Waals surface area contributed by atoms with Crippen molar-refractivity contribution in [3.05, 3.63) is 35.6 Å². The van der Waals surface area contributed by atoms with E-state index in [0.29, 0.717) is 24.5 Å². The fourth-order valence-corrected chi connectivity index (χ4v) is 4.44. The molecule has 0 aromatic carbocycles. The molecular formula is C17H20N4OS. The second-order valence-corrected chi connectivity index (χ2v) is 7.29. The molecule has 4 heterocycles. The van der Waals surface area contributed by atoms with Gasteiger partial charge in [-0.2, -0.15) is 0 Å². The first-order valence-electron chi connectivity index (χ1n) is 8.16. The normalized spacial score (nSPS) is 26.2. The molecule has 2 unspecified atom stereocenters. The summed E-state index contributed by atoms with van der Waals surface area (Å²) in [5.74, 6) is 0.0827. The Morgan fingerprint density at radius 1 is 1.35 bits per heavy atom. The van der Waals surface area contributed by atoms with Crippen molar-refractivity contribution in [1.29, 1.82) is 0 Å². The lowest BCUT2D eigenvalue weighted by Crippen LogP contribution is -2.48. The molecule has 2 N–H and O–H groups in total. The highest BCUT2D eigenvalue weighted by atomic mass is 32.1. The van der Waals surface area contributed by atoms with Crippen LogP contribution in [0.4, 0.5) is 0 Å². The van der Waals surface area contributed by atoms with E-state index in [0.717, 1.165) is 29.1 Å². The number of pyridine rings is 1. The highest BCUT2D eigenvalue weighted by molar-refractivity contribution is 7.13. The second-order valence-electron chi connectivity index (χ2n) is 6.44. The number of thiazole rings is 1. The summed E-state index contributed by atoms with van der Waals surface area (Å²) in [5.41, 5.74) is 1.84. The molecule has 6 heteroatoms. The summed E-state index contributed by atoms with van der Waals surface area (Å²) < 4.78 is 0. The molecule has 2 saturated heterocycles. The molecule has 4 rings (SSSR count). The molecule has 2 aromatic heterocycles. The lowest BCUT2D eigenvalue weighted by atomic mass is 9.99. The van der Waals surface area contributed by atoms with E-state index in [4.69, 9.17) is 0 Å².